The predicted octanol–water partition coefficient (Wildman–Crippen LogP) is -3.13. The summed E-state index contributed by atoms with van der Waals surface area (Å²) in [5.41, 5.74) is -1.35. The van der Waals surface area contributed by atoms with E-state index in [1.165, 1.54) is 0 Å². The van der Waals surface area contributed by atoms with Gasteiger partial charge in [-0.2, -0.15) is 0 Å². The van der Waals surface area contributed by atoms with Gasteiger partial charge in [-0.15, -0.1) is 0 Å². The molecule has 3 heterocycles. The van der Waals surface area contributed by atoms with Crippen LogP contribution >= 0.6 is 0 Å². The summed E-state index contributed by atoms with van der Waals surface area (Å²) in [5, 5.41) is 110. The van der Waals surface area contributed by atoms with Crippen molar-refractivity contribution in [1.82, 2.24) is 42.1 Å². The van der Waals surface area contributed by atoms with E-state index in [1.54, 1.807) is 20.8 Å². The van der Waals surface area contributed by atoms with E-state index in [2.05, 4.69) is 56.1 Å². The summed E-state index contributed by atoms with van der Waals surface area (Å²) in [4.78, 5) is 92.2. The molecule has 0 aromatic carbocycles. The van der Waals surface area contributed by atoms with Gasteiger partial charge in [0.25, 0.3) is 0 Å². The fourth-order valence-electron chi connectivity index (χ4n) is 10.6. The molecule has 0 spiro atoms. The van der Waals surface area contributed by atoms with Gasteiger partial charge in [-0.3, -0.25) is 33.6 Å². The van der Waals surface area contributed by atoms with E-state index in [9.17, 15) is 79.5 Å². The van der Waals surface area contributed by atoms with Crippen LogP contribution in [0.2, 0.25) is 0 Å². The van der Waals surface area contributed by atoms with Crippen molar-refractivity contribution in [2.45, 2.75) is 254 Å². The first-order valence-corrected chi connectivity index (χ1v) is 35.1. The molecule has 33 nitrogen and oxygen atoms in total. The molecule has 98 heavy (non-hydrogen) atoms. The van der Waals surface area contributed by atoms with E-state index < -0.39 is 97.7 Å². The lowest BCUT2D eigenvalue weighted by Crippen LogP contribution is -2.58. The van der Waals surface area contributed by atoms with Crippen molar-refractivity contribution < 1.29 is 122 Å². The monoisotopic (exact) mass is 1410 g/mol. The summed E-state index contributed by atoms with van der Waals surface area (Å²) in [6.45, 7) is 10.0. The molecule has 0 aromatic heterocycles. The molecule has 3 aliphatic heterocycles. The average molecular weight is 1410 g/mol. The van der Waals surface area contributed by atoms with Crippen LogP contribution in [0.25, 0.3) is 0 Å². The molecule has 0 bridgehead atoms. The molecule has 3 rings (SSSR count). The fraction of sp³-hybridized carbons (Fsp3) is 0.892. The first kappa shape index (κ1) is 87.7. The summed E-state index contributed by atoms with van der Waals surface area (Å²) >= 11 is 0. The van der Waals surface area contributed by atoms with E-state index in [1.807, 2.05) is 0 Å². The van der Waals surface area contributed by atoms with Crippen LogP contribution < -0.4 is 37.2 Å². The van der Waals surface area contributed by atoms with Crippen molar-refractivity contribution in [2.75, 3.05) is 119 Å². The molecule has 3 fully saturated rings. The highest BCUT2D eigenvalue weighted by atomic mass is 16.7. The number of unbranched alkanes of at least 4 members (excludes halogenated alkanes) is 5. The molecule has 33 heteroatoms. The Balaban J connectivity index is 1.49. The minimum atomic E-state index is -1.41. The zero-order valence-electron chi connectivity index (χ0n) is 58.3. The lowest BCUT2D eigenvalue weighted by molar-refractivity contribution is -0.293. The van der Waals surface area contributed by atoms with E-state index in [-0.39, 0.29) is 165 Å². The number of aliphatic hydroxyl groups is 9. The SMILES string of the molecule is CCCN(C)CCCCCC(=O)NC(COCCC(=O)NCCCNC(=O)CCCCOC1OC(C)C(O)C(O)C1O)(COCCC(=O)NCCCNC(=O)CCCCOC1OC(C)C(O)C(O)C1O)COCCC(=O)NCCCNC(=O)CCCCOC1OC(C)C(O)C(O)C1O. The van der Waals surface area contributed by atoms with E-state index in [0.717, 1.165) is 32.4 Å². The summed E-state index contributed by atoms with van der Waals surface area (Å²) in [6, 6.07) is 0. The second kappa shape index (κ2) is 50.8. The molecule has 0 saturated carbocycles. The first-order chi connectivity index (χ1) is 46.9. The quantitative estimate of drug-likeness (QED) is 0.0268. The van der Waals surface area contributed by atoms with Gasteiger partial charge in [0.15, 0.2) is 18.9 Å². The molecule has 570 valence electrons. The third-order valence-electron chi connectivity index (χ3n) is 16.7. The number of hydrogen-bond acceptors (Lipinski definition) is 26. The van der Waals surface area contributed by atoms with E-state index in [0.29, 0.717) is 83.8 Å². The van der Waals surface area contributed by atoms with Crippen molar-refractivity contribution in [3.63, 3.8) is 0 Å². The number of carbonyl (C=O) groups excluding carboxylic acids is 7. The third-order valence-corrected chi connectivity index (χ3v) is 16.7. The van der Waals surface area contributed by atoms with Gasteiger partial charge in [-0.1, -0.05) is 13.3 Å². The van der Waals surface area contributed by atoms with Gasteiger partial charge in [-0.05, 0) is 118 Å². The summed E-state index contributed by atoms with van der Waals surface area (Å²) in [7, 11) is 2.05. The molecule has 3 saturated heterocycles. The summed E-state index contributed by atoms with van der Waals surface area (Å²) in [6.07, 6.45) is -9.57. The van der Waals surface area contributed by atoms with Crippen LogP contribution in [0.15, 0.2) is 0 Å². The molecule has 15 atom stereocenters. The third kappa shape index (κ3) is 36.4. The Labute approximate surface area is 576 Å². The molecular weight excluding hydrogens is 1290 g/mol. The largest absolute Gasteiger partial charge is 0.388 e. The Bertz CT molecular complexity index is 2030. The summed E-state index contributed by atoms with van der Waals surface area (Å²) in [5.74, 6) is -1.88. The Hall–Kier alpha value is -4.47. The van der Waals surface area contributed by atoms with Crippen LogP contribution in [-0.2, 0) is 76.2 Å². The molecule has 0 aromatic rings. The minimum Gasteiger partial charge on any atom is -0.388 e. The van der Waals surface area contributed by atoms with Crippen LogP contribution in [0.1, 0.15) is 156 Å². The minimum absolute atomic E-state index is 0.0568. The molecule has 3 aliphatic rings. The highest BCUT2D eigenvalue weighted by Crippen LogP contribution is 2.25. The summed E-state index contributed by atoms with van der Waals surface area (Å²) < 4.78 is 51.1. The lowest BCUT2D eigenvalue weighted by Gasteiger charge is -2.38. The number of nitrogens with one attached hydrogen (secondary N) is 7. The standard InChI is InChI=1S/C65H120N8O25/c1-6-32-73(5)33-12-7-8-22-52(80)72-65(40-90-37-23-49(77)69-29-16-26-66-46(74)19-9-13-34-93-62-59(87)56(84)53(81)43(2)96-62,41-91-38-24-50(78)70-30-17-27-67-47(75)20-10-14-35-94-63-60(88)57(85)54(82)44(3)97-63)42-92-39-25-51(79)71-31-18-28-68-48(76)21-11-15-36-95-64-61(89)58(86)55(83)45(4)98-64/h43-45,53-64,81-89H,6-42H2,1-5H3,(H,66,74)(H,67,75)(H,68,76)(H,69,77)(H,70,78)(H,71,79)(H,72,80). The van der Waals surface area contributed by atoms with Crippen molar-refractivity contribution in [3.8, 4) is 0 Å². The number of carbonyl (C=O) groups is 7. The van der Waals surface area contributed by atoms with Crippen molar-refractivity contribution in [1.29, 1.82) is 0 Å². The normalized spacial score (nSPS) is 26.2. The van der Waals surface area contributed by atoms with Gasteiger partial charge in [0.05, 0.1) is 58.0 Å². The zero-order valence-corrected chi connectivity index (χ0v) is 58.3. The van der Waals surface area contributed by atoms with Gasteiger partial charge in [0, 0.05) is 104 Å². The maximum Gasteiger partial charge on any atom is 0.222 e. The Morgan fingerprint density at radius 2 is 0.633 bits per heavy atom. The van der Waals surface area contributed by atoms with Crippen LogP contribution in [0.3, 0.4) is 0 Å². The highest BCUT2D eigenvalue weighted by molar-refractivity contribution is 5.78. The van der Waals surface area contributed by atoms with Gasteiger partial charge >= 0.3 is 0 Å². The molecule has 0 radical (unpaired) electrons. The first-order valence-electron chi connectivity index (χ1n) is 35.1. The number of nitrogens with zero attached hydrogens (tertiary/aromatic N) is 1. The predicted molar refractivity (Wildman–Crippen MR) is 352 cm³/mol. The highest BCUT2D eigenvalue weighted by Gasteiger charge is 2.45. The molecule has 15 unspecified atom stereocenters. The van der Waals surface area contributed by atoms with Gasteiger partial charge in [-0.25, -0.2) is 0 Å². The van der Waals surface area contributed by atoms with E-state index in [4.69, 9.17) is 42.6 Å². The van der Waals surface area contributed by atoms with Crippen LogP contribution in [0.5, 0.6) is 0 Å². The van der Waals surface area contributed by atoms with Crippen LogP contribution in [0, 0.1) is 0 Å². The number of hydrogen-bond donors (Lipinski definition) is 16. The molecule has 0 aliphatic carbocycles. The van der Waals surface area contributed by atoms with Gasteiger partial charge < -0.3 is 131 Å². The fourth-order valence-corrected chi connectivity index (χ4v) is 10.6. The Morgan fingerprint density at radius 3 is 0.939 bits per heavy atom. The van der Waals surface area contributed by atoms with Crippen molar-refractivity contribution in [2.24, 2.45) is 0 Å². The van der Waals surface area contributed by atoms with Crippen molar-refractivity contribution in [3.05, 3.63) is 0 Å². The number of rotatable bonds is 54. The maximum atomic E-state index is 13.8. The molecular formula is C65H120N8O25. The number of amides is 7. The number of ether oxygens (including phenoxy) is 9. The van der Waals surface area contributed by atoms with Crippen molar-refractivity contribution >= 4 is 41.4 Å². The second-order valence-electron chi connectivity index (χ2n) is 25.5. The second-order valence-corrected chi connectivity index (χ2v) is 25.5. The zero-order chi connectivity index (χ0) is 72.3. The molecule has 16 N–H and O–H groups in total. The average Bonchev–Trinajstić information content (AvgIpc) is 0.849. The Kier molecular flexibility index (Phi) is 45.5. The van der Waals surface area contributed by atoms with Gasteiger partial charge in [0.1, 0.15) is 60.5 Å². The number of aliphatic hydroxyl groups excluding tert-OH is 9. The van der Waals surface area contributed by atoms with Gasteiger partial charge in [0.2, 0.25) is 41.4 Å². The lowest BCUT2D eigenvalue weighted by atomic mass is 10.0. The smallest absolute Gasteiger partial charge is 0.222 e. The topological polar surface area (TPSA) is 472 Å². The van der Waals surface area contributed by atoms with E-state index >= 15 is 0 Å². The van der Waals surface area contributed by atoms with Crippen LogP contribution in [-0.4, -0.2) is 309 Å². The Morgan fingerprint density at radius 1 is 0.347 bits per heavy atom. The maximum absolute atomic E-state index is 13.8. The van der Waals surface area contributed by atoms with Crippen LogP contribution in [0.4, 0.5) is 0 Å². The molecule has 7 amide bonds.